The Balaban J connectivity index is 1.55. The van der Waals surface area contributed by atoms with Crippen LogP contribution in [0, 0.1) is 52.3 Å². The highest BCUT2D eigenvalue weighted by Crippen LogP contribution is 2.69. The van der Waals surface area contributed by atoms with Gasteiger partial charge < -0.3 is 15.3 Å². The predicted octanol–water partition coefficient (Wildman–Crippen LogP) is 5.80. The Labute approximate surface area is 191 Å². The van der Waals surface area contributed by atoms with Crippen LogP contribution in [0.3, 0.4) is 0 Å². The van der Waals surface area contributed by atoms with Crippen LogP contribution < -0.4 is 0 Å². The van der Waals surface area contributed by atoms with Crippen molar-refractivity contribution in [3.63, 3.8) is 0 Å². The molecular weight excluding hydrogens is 384 g/mol. The van der Waals surface area contributed by atoms with Crippen molar-refractivity contribution in [1.82, 2.24) is 0 Å². The van der Waals surface area contributed by atoms with Gasteiger partial charge in [-0.2, -0.15) is 0 Å². The third kappa shape index (κ3) is 3.93. The van der Waals surface area contributed by atoms with E-state index in [1.54, 1.807) is 0 Å². The first kappa shape index (κ1) is 24.0. The van der Waals surface area contributed by atoms with Crippen molar-refractivity contribution in [2.75, 3.05) is 6.61 Å². The van der Waals surface area contributed by atoms with Crippen molar-refractivity contribution >= 4 is 0 Å². The van der Waals surface area contributed by atoms with Crippen LogP contribution in [0.15, 0.2) is 0 Å². The molecule has 4 fully saturated rings. The van der Waals surface area contributed by atoms with E-state index < -0.39 is 0 Å². The minimum atomic E-state index is -0.179. The summed E-state index contributed by atoms with van der Waals surface area (Å²) in [5, 5.41) is 31.3. The molecular formula is C28H50O3. The van der Waals surface area contributed by atoms with Gasteiger partial charge in [-0.15, -0.1) is 0 Å². The fourth-order valence-corrected chi connectivity index (χ4v) is 9.89. The Kier molecular flexibility index (Phi) is 7.17. The molecule has 0 aromatic heterocycles. The van der Waals surface area contributed by atoms with Gasteiger partial charge in [-0.05, 0) is 104 Å². The molecule has 3 N–H and O–H groups in total. The molecule has 0 aromatic rings. The van der Waals surface area contributed by atoms with Gasteiger partial charge in [0.1, 0.15) is 0 Å². The molecule has 0 heterocycles. The summed E-state index contributed by atoms with van der Waals surface area (Å²) < 4.78 is 0. The van der Waals surface area contributed by atoms with E-state index in [9.17, 15) is 10.2 Å². The molecule has 31 heavy (non-hydrogen) atoms. The molecule has 4 aliphatic rings. The van der Waals surface area contributed by atoms with E-state index in [0.717, 1.165) is 50.4 Å². The van der Waals surface area contributed by atoms with E-state index >= 15 is 0 Å². The van der Waals surface area contributed by atoms with E-state index in [1.807, 2.05) is 0 Å². The number of aliphatic hydroxyl groups is 3. The van der Waals surface area contributed by atoms with Gasteiger partial charge in [-0.25, -0.2) is 0 Å². The molecule has 0 aliphatic heterocycles. The molecule has 0 aromatic carbocycles. The third-order valence-electron chi connectivity index (χ3n) is 11.5. The average molecular weight is 435 g/mol. The number of fused-ring (bicyclic) bond motifs is 5. The maximum Gasteiger partial charge on any atom is 0.0605 e. The normalized spacial score (nSPS) is 50.4. The zero-order valence-corrected chi connectivity index (χ0v) is 20.7. The first-order valence-corrected chi connectivity index (χ1v) is 13.7. The van der Waals surface area contributed by atoms with Gasteiger partial charge >= 0.3 is 0 Å². The van der Waals surface area contributed by atoms with Crippen LogP contribution in [0.2, 0.25) is 0 Å². The quantitative estimate of drug-likeness (QED) is 0.444. The van der Waals surface area contributed by atoms with Crippen LogP contribution in [-0.4, -0.2) is 34.1 Å². The summed E-state index contributed by atoms with van der Waals surface area (Å²) in [6.45, 7) is 10.2. The fourth-order valence-electron chi connectivity index (χ4n) is 9.89. The van der Waals surface area contributed by atoms with Gasteiger partial charge in [0.2, 0.25) is 0 Å². The van der Waals surface area contributed by atoms with Crippen molar-refractivity contribution in [2.24, 2.45) is 52.3 Å². The van der Waals surface area contributed by atoms with E-state index in [4.69, 9.17) is 5.11 Å². The Morgan fingerprint density at radius 2 is 1.58 bits per heavy atom. The summed E-state index contributed by atoms with van der Waals surface area (Å²) >= 11 is 0. The maximum atomic E-state index is 11.8. The second-order valence-electron chi connectivity index (χ2n) is 12.7. The minimum Gasteiger partial charge on any atom is -0.396 e. The topological polar surface area (TPSA) is 60.7 Å². The number of hydrogen-bond acceptors (Lipinski definition) is 3. The monoisotopic (exact) mass is 434 g/mol. The summed E-state index contributed by atoms with van der Waals surface area (Å²) in [5.41, 5.74) is 0.688. The summed E-state index contributed by atoms with van der Waals surface area (Å²) in [6, 6.07) is 0. The number of unbranched alkanes of at least 4 members (excludes halogenated alkanes) is 2. The van der Waals surface area contributed by atoms with Crippen LogP contribution in [0.25, 0.3) is 0 Å². The highest BCUT2D eigenvalue weighted by Gasteiger charge is 2.64. The lowest BCUT2D eigenvalue weighted by molar-refractivity contribution is -0.203. The van der Waals surface area contributed by atoms with Gasteiger partial charge in [0.15, 0.2) is 0 Å². The van der Waals surface area contributed by atoms with Crippen LogP contribution in [0.5, 0.6) is 0 Å². The number of aliphatic hydroxyl groups excluding tert-OH is 3. The highest BCUT2D eigenvalue weighted by molar-refractivity contribution is 5.13. The SMILES string of the molecule is CC[C@H]1[C@@H](O)C2C3CC[C@H]([C@H](C)CCCCCO)[C@@]3(C)CCC2[C@@]2(C)CC[C@@H](O)C[C@@H]12. The van der Waals surface area contributed by atoms with Crippen molar-refractivity contribution in [2.45, 2.75) is 117 Å². The van der Waals surface area contributed by atoms with E-state index in [0.29, 0.717) is 47.0 Å². The van der Waals surface area contributed by atoms with Crippen LogP contribution in [-0.2, 0) is 0 Å². The lowest BCUT2D eigenvalue weighted by Crippen LogP contribution is -2.62. The van der Waals surface area contributed by atoms with E-state index in [2.05, 4.69) is 27.7 Å². The van der Waals surface area contributed by atoms with E-state index in [-0.39, 0.29) is 12.2 Å². The molecule has 4 saturated carbocycles. The van der Waals surface area contributed by atoms with Crippen molar-refractivity contribution in [3.05, 3.63) is 0 Å². The standard InChI is InChI=1S/C28H50O3/c1-5-20-24-17-19(30)12-14-28(24,4)23-13-15-27(3)21(18(2)9-7-6-8-16-29)10-11-22(27)25(23)26(20)31/h18-26,29-31H,5-17H2,1-4H3/t18-,19-,20-,21-,22?,23?,24+,25?,26-,27-,28-/m1/s1. The Morgan fingerprint density at radius 3 is 2.29 bits per heavy atom. The van der Waals surface area contributed by atoms with Crippen LogP contribution in [0.1, 0.15) is 105 Å². The summed E-state index contributed by atoms with van der Waals surface area (Å²) in [7, 11) is 0. The zero-order chi connectivity index (χ0) is 22.4. The molecule has 0 saturated heterocycles. The molecule has 3 unspecified atom stereocenters. The molecule has 11 atom stereocenters. The highest BCUT2D eigenvalue weighted by atomic mass is 16.3. The van der Waals surface area contributed by atoms with Crippen molar-refractivity contribution in [1.29, 1.82) is 0 Å². The first-order valence-electron chi connectivity index (χ1n) is 13.7. The smallest absolute Gasteiger partial charge is 0.0605 e. The second-order valence-corrected chi connectivity index (χ2v) is 12.7. The maximum absolute atomic E-state index is 11.8. The van der Waals surface area contributed by atoms with Crippen LogP contribution in [0.4, 0.5) is 0 Å². The molecule has 0 spiro atoms. The molecule has 180 valence electrons. The first-order chi connectivity index (χ1) is 14.8. The zero-order valence-electron chi connectivity index (χ0n) is 20.7. The molecule has 4 aliphatic carbocycles. The molecule has 3 nitrogen and oxygen atoms in total. The van der Waals surface area contributed by atoms with Crippen LogP contribution >= 0.6 is 0 Å². The Morgan fingerprint density at radius 1 is 0.871 bits per heavy atom. The lowest BCUT2D eigenvalue weighted by atomic mass is 9.41. The van der Waals surface area contributed by atoms with Gasteiger partial charge in [0, 0.05) is 6.61 Å². The molecule has 4 rings (SSSR count). The molecule has 0 amide bonds. The summed E-state index contributed by atoms with van der Waals surface area (Å²) in [6.07, 6.45) is 13.6. The number of rotatable bonds is 7. The molecule has 3 heteroatoms. The Hall–Kier alpha value is -0.120. The molecule has 0 bridgehead atoms. The third-order valence-corrected chi connectivity index (χ3v) is 11.5. The lowest BCUT2D eigenvalue weighted by Gasteiger charge is -2.64. The van der Waals surface area contributed by atoms with Gasteiger partial charge in [0.25, 0.3) is 0 Å². The second kappa shape index (κ2) is 9.26. The molecule has 0 radical (unpaired) electrons. The minimum absolute atomic E-state index is 0.160. The largest absolute Gasteiger partial charge is 0.396 e. The van der Waals surface area contributed by atoms with E-state index in [1.165, 1.54) is 38.5 Å². The van der Waals surface area contributed by atoms with Crippen molar-refractivity contribution < 1.29 is 15.3 Å². The summed E-state index contributed by atoms with van der Waals surface area (Å²) in [4.78, 5) is 0. The summed E-state index contributed by atoms with van der Waals surface area (Å²) in [5.74, 6) is 4.17. The number of hydrogen-bond donors (Lipinski definition) is 3. The fraction of sp³-hybridized carbons (Fsp3) is 1.00. The van der Waals surface area contributed by atoms with Gasteiger partial charge in [-0.1, -0.05) is 53.4 Å². The van der Waals surface area contributed by atoms with Gasteiger partial charge in [-0.3, -0.25) is 0 Å². The van der Waals surface area contributed by atoms with Crippen molar-refractivity contribution in [3.8, 4) is 0 Å². The average Bonchev–Trinajstić information content (AvgIpc) is 3.10. The van der Waals surface area contributed by atoms with Gasteiger partial charge in [0.05, 0.1) is 12.2 Å². The Bertz CT molecular complexity index is 607. The predicted molar refractivity (Wildman–Crippen MR) is 126 cm³/mol.